The quantitative estimate of drug-likeness (QED) is 0.504. The standard InChI is InChI=1S/C30H34N2O2/c1-5-32(6-2)16-15-21-7-8-22-9-12-25-26(13-14-28(25)33)29(22)27-18-23(10-11-24(21)27)30-31-19(3)17-20(4)34-30/h9-12,17-18,21H,3,5-8,13-16H2,1-2,4H3. The second-order valence-corrected chi connectivity index (χ2v) is 9.67. The summed E-state index contributed by atoms with van der Waals surface area (Å²) in [6.07, 6.45) is 6.61. The summed E-state index contributed by atoms with van der Waals surface area (Å²) >= 11 is 0. The summed E-state index contributed by atoms with van der Waals surface area (Å²) in [7, 11) is 0. The third-order valence-electron chi connectivity index (χ3n) is 7.63. The monoisotopic (exact) mass is 454 g/mol. The number of rotatable bonds is 6. The van der Waals surface area contributed by atoms with Gasteiger partial charge >= 0.3 is 0 Å². The Balaban J connectivity index is 1.63. The second kappa shape index (κ2) is 9.34. The lowest BCUT2D eigenvalue weighted by Gasteiger charge is -2.24. The van der Waals surface area contributed by atoms with E-state index >= 15 is 0 Å². The smallest absolute Gasteiger partial charge is 0.226 e. The molecule has 4 heteroatoms. The zero-order valence-electron chi connectivity index (χ0n) is 20.6. The minimum Gasteiger partial charge on any atom is -0.443 e. The molecule has 0 spiro atoms. The first kappa shape index (κ1) is 22.8. The van der Waals surface area contributed by atoms with Crippen molar-refractivity contribution >= 4 is 11.7 Å². The van der Waals surface area contributed by atoms with Crippen LogP contribution < -0.4 is 0 Å². The molecule has 0 amide bonds. The van der Waals surface area contributed by atoms with E-state index in [-0.39, 0.29) is 5.78 Å². The molecule has 0 fully saturated rings. The molecular formula is C30H34N2O2. The van der Waals surface area contributed by atoms with E-state index < -0.39 is 0 Å². The molecule has 5 rings (SSSR count). The van der Waals surface area contributed by atoms with Crippen LogP contribution in [-0.4, -0.2) is 36.2 Å². The van der Waals surface area contributed by atoms with Gasteiger partial charge in [0.25, 0.3) is 0 Å². The number of carbonyl (C=O) groups excluding carboxylic acids is 1. The summed E-state index contributed by atoms with van der Waals surface area (Å²) in [5, 5.41) is 0. The Hall–Kier alpha value is -2.98. The van der Waals surface area contributed by atoms with Crippen LogP contribution in [0.3, 0.4) is 0 Å². The lowest BCUT2D eigenvalue weighted by atomic mass is 9.86. The number of ether oxygens (including phenoxy) is 1. The Morgan fingerprint density at radius 1 is 1.09 bits per heavy atom. The molecule has 0 N–H and O–H groups in total. The van der Waals surface area contributed by atoms with Gasteiger partial charge in [0.15, 0.2) is 5.78 Å². The van der Waals surface area contributed by atoms with Crippen LogP contribution in [0.15, 0.2) is 59.4 Å². The van der Waals surface area contributed by atoms with E-state index in [0.717, 1.165) is 62.2 Å². The summed E-state index contributed by atoms with van der Waals surface area (Å²) in [4.78, 5) is 19.7. The Morgan fingerprint density at radius 3 is 2.68 bits per heavy atom. The van der Waals surface area contributed by atoms with Gasteiger partial charge in [-0.2, -0.15) is 0 Å². The molecule has 0 saturated heterocycles. The number of benzene rings is 2. The molecule has 2 aromatic rings. The van der Waals surface area contributed by atoms with Crippen LogP contribution in [0.1, 0.15) is 78.6 Å². The first-order valence-electron chi connectivity index (χ1n) is 12.7. The maximum Gasteiger partial charge on any atom is 0.226 e. The largest absolute Gasteiger partial charge is 0.443 e. The summed E-state index contributed by atoms with van der Waals surface area (Å²) < 4.78 is 5.99. The van der Waals surface area contributed by atoms with Crippen LogP contribution in [0.5, 0.6) is 0 Å². The fourth-order valence-corrected chi connectivity index (χ4v) is 5.79. The number of aryl methyl sites for hydroxylation is 1. The summed E-state index contributed by atoms with van der Waals surface area (Å²) in [5.41, 5.74) is 9.11. The van der Waals surface area contributed by atoms with Gasteiger partial charge in [0.05, 0.1) is 5.70 Å². The lowest BCUT2D eigenvalue weighted by molar-refractivity contribution is 0.0994. The number of ketones is 1. The average Bonchev–Trinajstić information content (AvgIpc) is 3.12. The van der Waals surface area contributed by atoms with Crippen LogP contribution in [0.4, 0.5) is 0 Å². The van der Waals surface area contributed by atoms with Gasteiger partial charge in [0.2, 0.25) is 5.90 Å². The Labute approximate surface area is 203 Å². The molecule has 1 heterocycles. The van der Waals surface area contributed by atoms with Crippen molar-refractivity contribution in [3.63, 3.8) is 0 Å². The molecule has 0 radical (unpaired) electrons. The number of hydrogen-bond acceptors (Lipinski definition) is 4. The van der Waals surface area contributed by atoms with Crippen molar-refractivity contribution in [1.29, 1.82) is 0 Å². The number of allylic oxidation sites excluding steroid dienone is 2. The minimum absolute atomic E-state index is 0.273. The van der Waals surface area contributed by atoms with E-state index in [1.807, 2.05) is 13.0 Å². The molecule has 4 nitrogen and oxygen atoms in total. The van der Waals surface area contributed by atoms with Gasteiger partial charge in [-0.25, -0.2) is 4.99 Å². The Bertz CT molecular complexity index is 1220. The molecule has 1 aliphatic heterocycles. The topological polar surface area (TPSA) is 41.9 Å². The Morgan fingerprint density at radius 2 is 1.91 bits per heavy atom. The van der Waals surface area contributed by atoms with Gasteiger partial charge in [-0.15, -0.1) is 0 Å². The van der Waals surface area contributed by atoms with Gasteiger partial charge < -0.3 is 9.64 Å². The van der Waals surface area contributed by atoms with E-state index in [1.165, 1.54) is 27.8 Å². The maximum absolute atomic E-state index is 12.6. The second-order valence-electron chi connectivity index (χ2n) is 9.67. The molecule has 34 heavy (non-hydrogen) atoms. The van der Waals surface area contributed by atoms with Crippen LogP contribution in [0, 0.1) is 0 Å². The SMILES string of the molecule is C=C1C=C(C)OC(c2ccc3c(c2)-c2c(ccc4c2CCC4=O)CCC3CCN(CC)CC)=N1. The Kier molecular flexibility index (Phi) is 6.26. The van der Waals surface area contributed by atoms with E-state index in [4.69, 9.17) is 4.74 Å². The van der Waals surface area contributed by atoms with Crippen LogP contribution in [-0.2, 0) is 17.6 Å². The van der Waals surface area contributed by atoms with Gasteiger partial charge in [0.1, 0.15) is 5.76 Å². The molecule has 3 aliphatic rings. The molecule has 0 aromatic heterocycles. The molecule has 0 bridgehead atoms. The maximum atomic E-state index is 12.6. The van der Waals surface area contributed by atoms with E-state index in [1.54, 1.807) is 0 Å². The van der Waals surface area contributed by atoms with Crippen molar-refractivity contribution in [2.75, 3.05) is 19.6 Å². The molecular weight excluding hydrogens is 420 g/mol. The lowest BCUT2D eigenvalue weighted by Crippen LogP contribution is -2.25. The highest BCUT2D eigenvalue weighted by molar-refractivity contribution is 6.04. The van der Waals surface area contributed by atoms with Crippen molar-refractivity contribution in [3.05, 3.63) is 82.3 Å². The minimum atomic E-state index is 0.273. The molecule has 176 valence electrons. The van der Waals surface area contributed by atoms with E-state index in [0.29, 0.717) is 23.9 Å². The predicted molar refractivity (Wildman–Crippen MR) is 139 cm³/mol. The fourth-order valence-electron chi connectivity index (χ4n) is 5.79. The molecule has 1 unspecified atom stereocenters. The number of Topliss-reactive ketones (excluding diaryl/α,β-unsaturated/α-hetero) is 1. The molecule has 1 atom stereocenters. The first-order valence-corrected chi connectivity index (χ1v) is 12.7. The number of hydrogen-bond donors (Lipinski definition) is 0. The van der Waals surface area contributed by atoms with E-state index in [9.17, 15) is 4.79 Å². The summed E-state index contributed by atoms with van der Waals surface area (Å²) in [6.45, 7) is 13.7. The fraction of sp³-hybridized carbons (Fsp3) is 0.400. The average molecular weight is 455 g/mol. The highest BCUT2D eigenvalue weighted by Gasteiger charge is 2.30. The third-order valence-corrected chi connectivity index (χ3v) is 7.63. The van der Waals surface area contributed by atoms with Gasteiger partial charge in [-0.1, -0.05) is 38.6 Å². The zero-order valence-corrected chi connectivity index (χ0v) is 20.6. The van der Waals surface area contributed by atoms with Crippen molar-refractivity contribution in [2.45, 2.75) is 58.8 Å². The molecule has 2 aliphatic carbocycles. The van der Waals surface area contributed by atoms with Crippen molar-refractivity contribution < 1.29 is 9.53 Å². The summed E-state index contributed by atoms with van der Waals surface area (Å²) in [5.74, 6) is 2.15. The van der Waals surface area contributed by atoms with Crippen LogP contribution in [0.25, 0.3) is 11.1 Å². The first-order chi connectivity index (χ1) is 16.5. The van der Waals surface area contributed by atoms with Gasteiger partial charge in [-0.05, 0) is 98.1 Å². The number of carbonyl (C=O) groups is 1. The zero-order chi connectivity index (χ0) is 23.8. The molecule has 0 saturated carbocycles. The van der Waals surface area contributed by atoms with Gasteiger partial charge in [0, 0.05) is 23.6 Å². The number of fused-ring (bicyclic) bond motifs is 5. The van der Waals surface area contributed by atoms with Gasteiger partial charge in [-0.3, -0.25) is 4.79 Å². The van der Waals surface area contributed by atoms with Crippen molar-refractivity contribution in [2.24, 2.45) is 4.99 Å². The third kappa shape index (κ3) is 4.16. The van der Waals surface area contributed by atoms with Crippen molar-refractivity contribution in [1.82, 2.24) is 4.90 Å². The van der Waals surface area contributed by atoms with E-state index in [2.05, 4.69) is 60.7 Å². The summed E-state index contributed by atoms with van der Waals surface area (Å²) in [6, 6.07) is 10.9. The van der Waals surface area contributed by atoms with Crippen LogP contribution in [0.2, 0.25) is 0 Å². The highest BCUT2D eigenvalue weighted by atomic mass is 16.5. The normalized spacial score (nSPS) is 19.1. The highest BCUT2D eigenvalue weighted by Crippen LogP contribution is 2.44. The molecule has 2 aromatic carbocycles. The number of nitrogens with zero attached hydrogens (tertiary/aromatic N) is 2. The predicted octanol–water partition coefficient (Wildman–Crippen LogP) is 6.44. The van der Waals surface area contributed by atoms with Crippen molar-refractivity contribution in [3.8, 4) is 11.1 Å². The van der Waals surface area contributed by atoms with Crippen LogP contribution >= 0.6 is 0 Å². The number of aliphatic imine (C=N–C) groups is 1.